The maximum atomic E-state index is 12.7. The van der Waals surface area contributed by atoms with Gasteiger partial charge in [0.05, 0.1) is 13.2 Å². The van der Waals surface area contributed by atoms with E-state index >= 15 is 0 Å². The van der Waals surface area contributed by atoms with Gasteiger partial charge in [0.25, 0.3) is 5.91 Å². The number of morpholine rings is 1. The molecule has 0 aliphatic carbocycles. The molecule has 0 N–H and O–H groups in total. The normalized spacial score (nSPS) is 17.6. The summed E-state index contributed by atoms with van der Waals surface area (Å²) in [7, 11) is 3.81. The van der Waals surface area contributed by atoms with Gasteiger partial charge >= 0.3 is 0 Å². The van der Waals surface area contributed by atoms with Gasteiger partial charge < -0.3 is 14.5 Å². The van der Waals surface area contributed by atoms with Crippen LogP contribution in [-0.2, 0) is 4.74 Å². The van der Waals surface area contributed by atoms with E-state index in [2.05, 4.69) is 19.9 Å². The van der Waals surface area contributed by atoms with Gasteiger partial charge in [-0.3, -0.25) is 9.78 Å². The summed E-state index contributed by atoms with van der Waals surface area (Å²) in [6.45, 7) is 3.16. The number of amides is 1. The third-order valence-corrected chi connectivity index (χ3v) is 3.78. The van der Waals surface area contributed by atoms with Crippen LogP contribution in [0.5, 0.6) is 0 Å². The molecule has 0 aromatic carbocycles. The summed E-state index contributed by atoms with van der Waals surface area (Å²) in [5, 5.41) is 0. The number of aryl methyl sites for hydroxylation is 1. The lowest BCUT2D eigenvalue weighted by molar-refractivity contribution is -0.0248. The third-order valence-electron chi connectivity index (χ3n) is 3.78. The number of hydrogen-bond acceptors (Lipinski definition) is 7. The smallest absolute Gasteiger partial charge is 0.272 e. The summed E-state index contributed by atoms with van der Waals surface area (Å²) in [5.74, 6) is 1.20. The molecule has 1 amide bonds. The molecule has 1 aliphatic heterocycles. The largest absolute Gasteiger partial charge is 0.368 e. The highest BCUT2D eigenvalue weighted by Crippen LogP contribution is 2.27. The maximum absolute atomic E-state index is 12.7. The van der Waals surface area contributed by atoms with Crippen LogP contribution >= 0.6 is 0 Å². The fourth-order valence-electron chi connectivity index (χ4n) is 2.65. The summed E-state index contributed by atoms with van der Waals surface area (Å²) in [5.41, 5.74) is 1.13. The van der Waals surface area contributed by atoms with Gasteiger partial charge in [-0.1, -0.05) is 0 Å². The molecule has 3 rings (SSSR count). The minimum Gasteiger partial charge on any atom is -0.368 e. The maximum Gasteiger partial charge on any atom is 0.272 e. The molecule has 24 heavy (non-hydrogen) atoms. The van der Waals surface area contributed by atoms with Gasteiger partial charge in [0, 0.05) is 39.2 Å². The van der Waals surface area contributed by atoms with E-state index in [0.717, 1.165) is 11.5 Å². The van der Waals surface area contributed by atoms with Crippen molar-refractivity contribution in [2.75, 3.05) is 38.7 Å². The van der Waals surface area contributed by atoms with Gasteiger partial charge in [-0.05, 0) is 13.0 Å². The Bertz CT molecular complexity index is 736. The molecule has 0 bridgehead atoms. The van der Waals surface area contributed by atoms with Crippen molar-refractivity contribution >= 4 is 11.7 Å². The Balaban J connectivity index is 1.81. The summed E-state index contributed by atoms with van der Waals surface area (Å²) >= 11 is 0. The quantitative estimate of drug-likeness (QED) is 0.826. The average molecular weight is 328 g/mol. The molecular weight excluding hydrogens is 308 g/mol. The molecule has 2 aromatic heterocycles. The Labute approximate surface area is 140 Å². The second kappa shape index (κ2) is 6.88. The van der Waals surface area contributed by atoms with Crippen LogP contribution in [0.2, 0.25) is 0 Å². The number of carbonyl (C=O) groups is 1. The summed E-state index contributed by atoms with van der Waals surface area (Å²) in [6, 6.07) is 1.63. The van der Waals surface area contributed by atoms with Crippen LogP contribution in [0.15, 0.2) is 24.7 Å². The first-order valence-electron chi connectivity index (χ1n) is 7.75. The van der Waals surface area contributed by atoms with E-state index in [1.807, 2.05) is 19.0 Å². The SMILES string of the molecule is Cc1nccc(C(=O)N2CCO[C@H](c3nccnc3N(C)C)C2)n1. The zero-order chi connectivity index (χ0) is 17.1. The van der Waals surface area contributed by atoms with Crippen molar-refractivity contribution in [1.29, 1.82) is 0 Å². The van der Waals surface area contributed by atoms with Crippen molar-refractivity contribution in [1.82, 2.24) is 24.8 Å². The Kier molecular flexibility index (Phi) is 4.66. The highest BCUT2D eigenvalue weighted by molar-refractivity contribution is 5.92. The molecule has 1 aliphatic rings. The van der Waals surface area contributed by atoms with Crippen molar-refractivity contribution in [2.45, 2.75) is 13.0 Å². The molecule has 1 atom stereocenters. The molecule has 8 nitrogen and oxygen atoms in total. The molecular formula is C16H20N6O2. The van der Waals surface area contributed by atoms with Crippen molar-refractivity contribution in [2.24, 2.45) is 0 Å². The summed E-state index contributed by atoms with van der Waals surface area (Å²) < 4.78 is 5.84. The average Bonchev–Trinajstić information content (AvgIpc) is 2.61. The van der Waals surface area contributed by atoms with Gasteiger partial charge in [-0.25, -0.2) is 15.0 Å². The molecule has 0 unspecified atom stereocenters. The predicted molar refractivity (Wildman–Crippen MR) is 87.7 cm³/mol. The zero-order valence-corrected chi connectivity index (χ0v) is 14.0. The Hall–Kier alpha value is -2.61. The lowest BCUT2D eigenvalue weighted by atomic mass is 10.1. The minimum absolute atomic E-state index is 0.121. The fraction of sp³-hybridized carbons (Fsp3) is 0.438. The van der Waals surface area contributed by atoms with E-state index in [-0.39, 0.29) is 12.0 Å². The second-order valence-corrected chi connectivity index (χ2v) is 5.76. The first-order valence-corrected chi connectivity index (χ1v) is 7.75. The first-order chi connectivity index (χ1) is 11.6. The first kappa shape index (κ1) is 16.3. The van der Waals surface area contributed by atoms with Crippen molar-refractivity contribution < 1.29 is 9.53 Å². The van der Waals surface area contributed by atoms with E-state index in [1.54, 1.807) is 36.5 Å². The third kappa shape index (κ3) is 3.33. The predicted octanol–water partition coefficient (Wildman–Crippen LogP) is 0.855. The number of nitrogens with zero attached hydrogens (tertiary/aromatic N) is 6. The standard InChI is InChI=1S/C16H20N6O2/c1-11-17-5-4-12(20-11)16(23)22-8-9-24-13(10-22)14-15(21(2)3)19-7-6-18-14/h4-7,13H,8-10H2,1-3H3/t13-/m0/s1. The number of carbonyl (C=O) groups excluding carboxylic acids is 1. The van der Waals surface area contributed by atoms with E-state index in [4.69, 9.17) is 4.74 Å². The van der Waals surface area contributed by atoms with E-state index in [0.29, 0.717) is 31.2 Å². The van der Waals surface area contributed by atoms with Crippen LogP contribution in [0.25, 0.3) is 0 Å². The fourth-order valence-corrected chi connectivity index (χ4v) is 2.65. The number of anilines is 1. The lowest BCUT2D eigenvalue weighted by Gasteiger charge is -2.33. The van der Waals surface area contributed by atoms with E-state index in [9.17, 15) is 4.79 Å². The van der Waals surface area contributed by atoms with Crippen LogP contribution in [0.3, 0.4) is 0 Å². The van der Waals surface area contributed by atoms with Gasteiger partial charge in [0.1, 0.15) is 23.3 Å². The van der Waals surface area contributed by atoms with Crippen LogP contribution in [0.4, 0.5) is 5.82 Å². The molecule has 0 radical (unpaired) electrons. The number of ether oxygens (including phenoxy) is 1. The van der Waals surface area contributed by atoms with Crippen molar-refractivity contribution in [3.63, 3.8) is 0 Å². The molecule has 8 heteroatoms. The Morgan fingerprint density at radius 3 is 2.79 bits per heavy atom. The molecule has 1 fully saturated rings. The van der Waals surface area contributed by atoms with E-state index in [1.165, 1.54) is 0 Å². The highest BCUT2D eigenvalue weighted by atomic mass is 16.5. The number of aromatic nitrogens is 4. The molecule has 1 saturated heterocycles. The van der Waals surface area contributed by atoms with Gasteiger partial charge in [0.2, 0.25) is 0 Å². The number of hydrogen-bond donors (Lipinski definition) is 0. The van der Waals surface area contributed by atoms with Crippen molar-refractivity contribution in [3.05, 3.63) is 41.9 Å². The lowest BCUT2D eigenvalue weighted by Crippen LogP contribution is -2.43. The van der Waals surface area contributed by atoms with Crippen LogP contribution < -0.4 is 4.90 Å². The molecule has 126 valence electrons. The van der Waals surface area contributed by atoms with Crippen molar-refractivity contribution in [3.8, 4) is 0 Å². The van der Waals surface area contributed by atoms with Gasteiger partial charge in [-0.15, -0.1) is 0 Å². The minimum atomic E-state index is -0.309. The summed E-state index contributed by atoms with van der Waals surface area (Å²) in [4.78, 5) is 33.3. The topological polar surface area (TPSA) is 84.3 Å². The molecule has 0 saturated carbocycles. The highest BCUT2D eigenvalue weighted by Gasteiger charge is 2.29. The Morgan fingerprint density at radius 2 is 2.04 bits per heavy atom. The Morgan fingerprint density at radius 1 is 1.25 bits per heavy atom. The second-order valence-electron chi connectivity index (χ2n) is 5.76. The summed E-state index contributed by atoms with van der Waals surface area (Å²) in [6.07, 6.45) is 4.58. The van der Waals surface area contributed by atoms with Gasteiger partial charge in [-0.2, -0.15) is 0 Å². The zero-order valence-electron chi connectivity index (χ0n) is 14.0. The molecule has 0 spiro atoms. The van der Waals surface area contributed by atoms with Crippen LogP contribution in [0, 0.1) is 6.92 Å². The van der Waals surface area contributed by atoms with E-state index < -0.39 is 0 Å². The van der Waals surface area contributed by atoms with Crippen LogP contribution in [-0.4, -0.2) is 64.5 Å². The molecule has 3 heterocycles. The van der Waals surface area contributed by atoms with Crippen LogP contribution in [0.1, 0.15) is 28.1 Å². The number of rotatable bonds is 3. The van der Waals surface area contributed by atoms with Gasteiger partial charge in [0.15, 0.2) is 5.82 Å². The monoisotopic (exact) mass is 328 g/mol. The molecule has 2 aromatic rings.